The van der Waals surface area contributed by atoms with Crippen LogP contribution in [0.2, 0.25) is 5.02 Å². The number of hydrogen-bond donors (Lipinski definition) is 3. The molecule has 0 radical (unpaired) electrons. The van der Waals surface area contributed by atoms with Crippen LogP contribution in [-0.4, -0.2) is 59.7 Å². The topological polar surface area (TPSA) is 139 Å². The molecule has 0 aliphatic carbocycles. The number of rotatable bonds is 8. The Labute approximate surface area is 202 Å². The average Bonchev–Trinajstić information content (AvgIpc) is 3.19. The van der Waals surface area contributed by atoms with E-state index >= 15 is 0 Å². The van der Waals surface area contributed by atoms with Crippen LogP contribution in [0.3, 0.4) is 0 Å². The predicted octanol–water partition coefficient (Wildman–Crippen LogP) is 2.84. The van der Waals surface area contributed by atoms with Gasteiger partial charge in [-0.05, 0) is 48.7 Å². The molecule has 3 rings (SSSR count). The largest absolute Gasteiger partial charge is 0.496 e. The van der Waals surface area contributed by atoms with Crippen molar-refractivity contribution in [1.82, 2.24) is 20.7 Å². The van der Waals surface area contributed by atoms with Crippen LogP contribution in [0, 0.1) is 5.92 Å². The summed E-state index contributed by atoms with van der Waals surface area (Å²) in [5.41, 5.74) is 0.740. The van der Waals surface area contributed by atoms with E-state index in [4.69, 9.17) is 25.7 Å². The van der Waals surface area contributed by atoms with E-state index in [1.54, 1.807) is 32.2 Å². The first-order chi connectivity index (χ1) is 16.4. The van der Waals surface area contributed by atoms with Gasteiger partial charge in [0.1, 0.15) is 12.4 Å². The molecule has 1 saturated heterocycles. The molecule has 1 aromatic carbocycles. The summed E-state index contributed by atoms with van der Waals surface area (Å²) >= 11 is 6.15. The summed E-state index contributed by atoms with van der Waals surface area (Å²) in [6, 6.07) is 5.26. The molecule has 2 atom stereocenters. The standard InChI is InChI=1S/C22H28ClN5O6/c1-4-16(18-10-20(29)27-34-18)25-22(31)28-12-19(26-33-5-2)24-11-14(21(28)30)8-13-9-15(23)6-7-17(13)32-3/h6-7,9-10,14,16H,4-5,8,11-12H2,1-3H3,(H,24,26)(H,25,31)(H,27,29)/t14-,16?/m1/s1. The van der Waals surface area contributed by atoms with E-state index in [1.807, 2.05) is 6.92 Å². The van der Waals surface area contributed by atoms with Crippen LogP contribution < -0.4 is 15.4 Å². The van der Waals surface area contributed by atoms with Gasteiger partial charge in [-0.1, -0.05) is 23.7 Å². The summed E-state index contributed by atoms with van der Waals surface area (Å²) in [5.74, 6) is -0.0875. The number of ether oxygens (including phenoxy) is 1. The van der Waals surface area contributed by atoms with E-state index in [9.17, 15) is 14.7 Å². The molecule has 0 saturated carbocycles. The number of urea groups is 1. The first-order valence-corrected chi connectivity index (χ1v) is 11.3. The molecular weight excluding hydrogens is 466 g/mol. The number of amides is 3. The lowest BCUT2D eigenvalue weighted by atomic mass is 9.97. The summed E-state index contributed by atoms with van der Waals surface area (Å²) in [4.78, 5) is 32.9. The minimum absolute atomic E-state index is 0.105. The number of carbonyl (C=O) groups excluding carboxylic acids is 2. The smallest absolute Gasteiger partial charge is 0.325 e. The second-order valence-electron chi connectivity index (χ2n) is 7.62. The molecule has 1 aliphatic heterocycles. The van der Waals surface area contributed by atoms with Crippen LogP contribution in [0.5, 0.6) is 11.6 Å². The maximum Gasteiger partial charge on any atom is 0.325 e. The maximum atomic E-state index is 13.5. The summed E-state index contributed by atoms with van der Waals surface area (Å²) in [6.45, 7) is 4.07. The van der Waals surface area contributed by atoms with Gasteiger partial charge in [0.25, 0.3) is 5.88 Å². The third kappa shape index (κ3) is 6.10. The van der Waals surface area contributed by atoms with Crippen LogP contribution in [0.1, 0.15) is 37.6 Å². The lowest BCUT2D eigenvalue weighted by Crippen LogP contribution is -2.48. The zero-order chi connectivity index (χ0) is 24.7. The van der Waals surface area contributed by atoms with E-state index in [-0.39, 0.29) is 31.2 Å². The average molecular weight is 494 g/mol. The summed E-state index contributed by atoms with van der Waals surface area (Å²) in [5, 5.41) is 23.3. The number of hydrogen-bond acceptors (Lipinski definition) is 8. The second kappa shape index (κ2) is 11.6. The molecule has 3 N–H and O–H groups in total. The highest BCUT2D eigenvalue weighted by Gasteiger charge is 2.35. The lowest BCUT2D eigenvalue weighted by molar-refractivity contribution is -0.131. The fourth-order valence-corrected chi connectivity index (χ4v) is 3.78. The van der Waals surface area contributed by atoms with Crippen LogP contribution in [0.4, 0.5) is 4.79 Å². The number of nitrogens with one attached hydrogen (secondary N) is 2. The lowest BCUT2D eigenvalue weighted by Gasteiger charge is -2.24. The zero-order valence-corrected chi connectivity index (χ0v) is 20.0. The minimum Gasteiger partial charge on any atom is -0.496 e. The van der Waals surface area contributed by atoms with Crippen molar-refractivity contribution >= 4 is 29.4 Å². The first-order valence-electron chi connectivity index (χ1n) is 10.9. The monoisotopic (exact) mass is 493 g/mol. The fraction of sp³-hybridized carbons (Fsp3) is 0.455. The van der Waals surface area contributed by atoms with Gasteiger partial charge in [0.05, 0.1) is 25.6 Å². The Bertz CT molecular complexity index is 1040. The van der Waals surface area contributed by atoms with Crippen molar-refractivity contribution in [2.45, 2.75) is 32.7 Å². The molecule has 2 heterocycles. The van der Waals surface area contributed by atoms with Crippen molar-refractivity contribution in [3.05, 3.63) is 40.6 Å². The molecular formula is C22H28ClN5O6. The number of halogens is 1. The molecule has 0 bridgehead atoms. The zero-order valence-electron chi connectivity index (χ0n) is 19.2. The van der Waals surface area contributed by atoms with E-state index in [0.717, 1.165) is 10.5 Å². The van der Waals surface area contributed by atoms with Gasteiger partial charge in [-0.3, -0.25) is 9.69 Å². The minimum atomic E-state index is -0.635. The number of carbonyl (C=O) groups is 2. The van der Waals surface area contributed by atoms with Crippen molar-refractivity contribution < 1.29 is 28.8 Å². The number of imide groups is 1. The van der Waals surface area contributed by atoms with E-state index < -0.39 is 23.9 Å². The van der Waals surface area contributed by atoms with Crippen molar-refractivity contribution in [2.24, 2.45) is 11.1 Å². The molecule has 2 aromatic rings. The molecule has 1 unspecified atom stereocenters. The van der Waals surface area contributed by atoms with E-state index in [0.29, 0.717) is 29.6 Å². The van der Waals surface area contributed by atoms with Gasteiger partial charge in [-0.25, -0.2) is 4.79 Å². The van der Waals surface area contributed by atoms with Gasteiger partial charge in [0.15, 0.2) is 11.6 Å². The molecule has 12 heteroatoms. The van der Waals surface area contributed by atoms with Gasteiger partial charge in [-0.15, -0.1) is 0 Å². The molecule has 1 aromatic heterocycles. The number of benzene rings is 1. The third-order valence-electron chi connectivity index (χ3n) is 5.30. The molecule has 1 fully saturated rings. The van der Waals surface area contributed by atoms with Crippen LogP contribution in [-0.2, 0) is 16.1 Å². The van der Waals surface area contributed by atoms with Gasteiger partial charge >= 0.3 is 6.03 Å². The van der Waals surface area contributed by atoms with Gasteiger partial charge in [0.2, 0.25) is 5.91 Å². The Hall–Kier alpha value is -3.47. The Kier molecular flexibility index (Phi) is 8.58. The predicted molar refractivity (Wildman–Crippen MR) is 124 cm³/mol. The number of aromatic nitrogens is 1. The Morgan fingerprint density at radius 1 is 1.44 bits per heavy atom. The Balaban J connectivity index is 1.86. The second-order valence-corrected chi connectivity index (χ2v) is 8.05. The molecule has 34 heavy (non-hydrogen) atoms. The molecule has 184 valence electrons. The molecule has 1 aliphatic rings. The van der Waals surface area contributed by atoms with Gasteiger partial charge in [0, 0.05) is 17.6 Å². The summed E-state index contributed by atoms with van der Waals surface area (Å²) < 4.78 is 10.5. The van der Waals surface area contributed by atoms with Crippen LogP contribution >= 0.6 is 11.6 Å². The highest BCUT2D eigenvalue weighted by Crippen LogP contribution is 2.27. The number of aromatic hydroxyl groups is 1. The van der Waals surface area contributed by atoms with Crippen molar-refractivity contribution in [1.29, 1.82) is 0 Å². The highest BCUT2D eigenvalue weighted by atomic mass is 35.5. The van der Waals surface area contributed by atoms with Crippen molar-refractivity contribution in [3.8, 4) is 11.6 Å². The van der Waals surface area contributed by atoms with E-state index in [2.05, 4.69) is 20.9 Å². The number of oxime groups is 1. The number of nitrogens with zero attached hydrogens (tertiary/aromatic N) is 3. The first kappa shape index (κ1) is 25.2. The van der Waals surface area contributed by atoms with Crippen molar-refractivity contribution in [2.75, 3.05) is 26.8 Å². The Morgan fingerprint density at radius 2 is 2.24 bits per heavy atom. The highest BCUT2D eigenvalue weighted by molar-refractivity contribution is 6.30. The maximum absolute atomic E-state index is 13.5. The normalized spacial score (nSPS) is 18.2. The van der Waals surface area contributed by atoms with Gasteiger partial charge in [-0.2, -0.15) is 0 Å². The molecule has 0 spiro atoms. The van der Waals surface area contributed by atoms with E-state index in [1.165, 1.54) is 6.07 Å². The third-order valence-corrected chi connectivity index (χ3v) is 5.53. The van der Waals surface area contributed by atoms with Gasteiger partial charge < -0.3 is 29.8 Å². The number of methoxy groups -OCH3 is 1. The van der Waals surface area contributed by atoms with Crippen molar-refractivity contribution in [3.63, 3.8) is 0 Å². The summed E-state index contributed by atoms with van der Waals surface area (Å²) in [7, 11) is 1.54. The molecule has 3 amide bonds. The van der Waals surface area contributed by atoms with Crippen LogP contribution in [0.25, 0.3) is 0 Å². The molecule has 11 nitrogen and oxygen atoms in total. The fourth-order valence-electron chi connectivity index (χ4n) is 3.58. The quantitative estimate of drug-likeness (QED) is 0.477. The Morgan fingerprint density at radius 3 is 2.88 bits per heavy atom. The SMILES string of the molecule is CCO/N=C1/CN(C(=O)NC(CC)c2cc(O)no2)C(=O)[C@H](Cc2cc(Cl)ccc2OC)CN1. The summed E-state index contributed by atoms with van der Waals surface area (Å²) in [6.07, 6.45) is 0.734. The number of amidine groups is 1. The van der Waals surface area contributed by atoms with Crippen LogP contribution in [0.15, 0.2) is 33.9 Å².